The van der Waals surface area contributed by atoms with Gasteiger partial charge in [0.1, 0.15) is 11.4 Å². The minimum atomic E-state index is -0.408. The number of carbonyl (C=O) groups excluding carboxylic acids is 1. The summed E-state index contributed by atoms with van der Waals surface area (Å²) in [5.41, 5.74) is 1.36. The standard InChI is InChI=1S/C19H18N2O2/c1-19(2)12-13-21(18(22)23-19)17-11-10-16(14-20-17)9-8-15-6-4-3-5-7-15/h3-7,10-11,14H,12-13H2,1-2H3. The quantitative estimate of drug-likeness (QED) is 0.756. The molecule has 23 heavy (non-hydrogen) atoms. The lowest BCUT2D eigenvalue weighted by molar-refractivity contribution is 0.0234. The van der Waals surface area contributed by atoms with E-state index < -0.39 is 5.60 Å². The number of benzene rings is 1. The lowest BCUT2D eigenvalue weighted by Crippen LogP contribution is -2.47. The van der Waals surface area contributed by atoms with E-state index >= 15 is 0 Å². The van der Waals surface area contributed by atoms with E-state index in [2.05, 4.69) is 16.8 Å². The summed E-state index contributed by atoms with van der Waals surface area (Å²) in [6.45, 7) is 4.43. The second-order valence-corrected chi connectivity index (χ2v) is 6.05. The van der Waals surface area contributed by atoms with Crippen LogP contribution in [0.4, 0.5) is 10.6 Å². The van der Waals surface area contributed by atoms with E-state index in [9.17, 15) is 4.79 Å². The fraction of sp³-hybridized carbons (Fsp3) is 0.263. The Labute approximate surface area is 136 Å². The van der Waals surface area contributed by atoms with Crippen LogP contribution >= 0.6 is 0 Å². The molecule has 1 aliphatic heterocycles. The van der Waals surface area contributed by atoms with Crippen molar-refractivity contribution in [1.82, 2.24) is 4.98 Å². The van der Waals surface area contributed by atoms with Crippen molar-refractivity contribution in [3.63, 3.8) is 0 Å². The lowest BCUT2D eigenvalue weighted by Gasteiger charge is -2.35. The summed E-state index contributed by atoms with van der Waals surface area (Å²) in [5.74, 6) is 6.75. The molecule has 1 fully saturated rings. The van der Waals surface area contributed by atoms with Gasteiger partial charge < -0.3 is 4.74 Å². The van der Waals surface area contributed by atoms with E-state index in [1.165, 1.54) is 0 Å². The van der Waals surface area contributed by atoms with Gasteiger partial charge in [0.15, 0.2) is 0 Å². The molecule has 4 nitrogen and oxygen atoms in total. The van der Waals surface area contributed by atoms with Gasteiger partial charge in [0.2, 0.25) is 0 Å². The summed E-state index contributed by atoms with van der Waals surface area (Å²) >= 11 is 0. The van der Waals surface area contributed by atoms with E-state index in [0.717, 1.165) is 17.5 Å². The third kappa shape index (κ3) is 3.70. The van der Waals surface area contributed by atoms with Crippen molar-refractivity contribution in [2.24, 2.45) is 0 Å². The summed E-state index contributed by atoms with van der Waals surface area (Å²) in [6.07, 6.45) is 2.10. The van der Waals surface area contributed by atoms with Gasteiger partial charge in [0.25, 0.3) is 0 Å². The van der Waals surface area contributed by atoms with Crippen molar-refractivity contribution in [3.05, 3.63) is 59.8 Å². The number of ether oxygens (including phenoxy) is 1. The van der Waals surface area contributed by atoms with Crippen LogP contribution in [0.3, 0.4) is 0 Å². The Balaban J connectivity index is 1.73. The maximum Gasteiger partial charge on any atom is 0.416 e. The van der Waals surface area contributed by atoms with Crippen molar-refractivity contribution < 1.29 is 9.53 Å². The highest BCUT2D eigenvalue weighted by molar-refractivity contribution is 5.87. The summed E-state index contributed by atoms with van der Waals surface area (Å²) in [7, 11) is 0. The number of pyridine rings is 1. The van der Waals surface area contributed by atoms with Crippen molar-refractivity contribution in [2.75, 3.05) is 11.4 Å². The fourth-order valence-electron chi connectivity index (χ4n) is 2.31. The smallest absolute Gasteiger partial charge is 0.416 e. The largest absolute Gasteiger partial charge is 0.443 e. The van der Waals surface area contributed by atoms with E-state index in [-0.39, 0.29) is 6.09 Å². The fourth-order valence-corrected chi connectivity index (χ4v) is 2.31. The van der Waals surface area contributed by atoms with Crippen LogP contribution < -0.4 is 4.90 Å². The molecule has 0 N–H and O–H groups in total. The maximum atomic E-state index is 12.0. The van der Waals surface area contributed by atoms with Crippen LogP contribution in [0, 0.1) is 11.8 Å². The summed E-state index contributed by atoms with van der Waals surface area (Å²) in [4.78, 5) is 17.9. The van der Waals surface area contributed by atoms with Gasteiger partial charge in [-0.2, -0.15) is 0 Å². The van der Waals surface area contributed by atoms with Crippen molar-refractivity contribution in [3.8, 4) is 11.8 Å². The highest BCUT2D eigenvalue weighted by Crippen LogP contribution is 2.25. The molecule has 0 atom stereocenters. The number of hydrogen-bond acceptors (Lipinski definition) is 3. The molecule has 3 rings (SSSR count). The van der Waals surface area contributed by atoms with Gasteiger partial charge in [0, 0.05) is 30.3 Å². The van der Waals surface area contributed by atoms with Crippen molar-refractivity contribution in [1.29, 1.82) is 0 Å². The first-order valence-electron chi connectivity index (χ1n) is 7.57. The maximum absolute atomic E-state index is 12.0. The minimum Gasteiger partial charge on any atom is -0.443 e. The first kappa shape index (κ1) is 15.1. The van der Waals surface area contributed by atoms with E-state index in [4.69, 9.17) is 4.74 Å². The summed E-state index contributed by atoms with van der Waals surface area (Å²) < 4.78 is 5.40. The van der Waals surface area contributed by atoms with Gasteiger partial charge in [-0.05, 0) is 38.1 Å². The number of rotatable bonds is 1. The molecule has 2 aromatic rings. The van der Waals surface area contributed by atoms with Crippen molar-refractivity contribution >= 4 is 11.9 Å². The number of amides is 1. The van der Waals surface area contributed by atoms with E-state index in [1.54, 1.807) is 17.2 Å². The number of cyclic esters (lactones) is 1. The van der Waals surface area contributed by atoms with Gasteiger partial charge in [-0.15, -0.1) is 0 Å². The molecule has 1 aliphatic rings. The number of carbonyl (C=O) groups is 1. The van der Waals surface area contributed by atoms with Gasteiger partial charge in [0.05, 0.1) is 0 Å². The van der Waals surface area contributed by atoms with Crippen LogP contribution in [0.5, 0.6) is 0 Å². The molecule has 4 heteroatoms. The average molecular weight is 306 g/mol. The average Bonchev–Trinajstić information content (AvgIpc) is 2.54. The predicted molar refractivity (Wildman–Crippen MR) is 89.2 cm³/mol. The predicted octanol–water partition coefficient (Wildman–Crippen LogP) is 3.61. The first-order valence-corrected chi connectivity index (χ1v) is 7.57. The molecular formula is C19H18N2O2. The number of hydrogen-bond donors (Lipinski definition) is 0. The van der Waals surface area contributed by atoms with Gasteiger partial charge in [-0.3, -0.25) is 4.90 Å². The van der Waals surface area contributed by atoms with Crippen LogP contribution in [0.1, 0.15) is 31.4 Å². The zero-order chi connectivity index (χ0) is 16.3. The third-order valence-corrected chi connectivity index (χ3v) is 3.67. The normalized spacial score (nSPS) is 16.3. The molecule has 0 unspecified atom stereocenters. The zero-order valence-electron chi connectivity index (χ0n) is 13.2. The number of anilines is 1. The molecule has 0 saturated carbocycles. The van der Waals surface area contributed by atoms with Gasteiger partial charge in [-0.1, -0.05) is 30.0 Å². The van der Waals surface area contributed by atoms with E-state index in [1.807, 2.05) is 50.2 Å². The van der Waals surface area contributed by atoms with Crippen LogP contribution in [0.15, 0.2) is 48.7 Å². The first-order chi connectivity index (χ1) is 11.0. The number of nitrogens with zero attached hydrogens (tertiary/aromatic N) is 2. The summed E-state index contributed by atoms with van der Waals surface area (Å²) in [5, 5.41) is 0. The minimum absolute atomic E-state index is 0.350. The second-order valence-electron chi connectivity index (χ2n) is 6.05. The third-order valence-electron chi connectivity index (χ3n) is 3.67. The Hall–Kier alpha value is -2.80. The van der Waals surface area contributed by atoms with E-state index in [0.29, 0.717) is 12.4 Å². The highest BCUT2D eigenvalue weighted by atomic mass is 16.6. The molecule has 0 spiro atoms. The van der Waals surface area contributed by atoms with Gasteiger partial charge in [-0.25, -0.2) is 9.78 Å². The molecular weight excluding hydrogens is 288 g/mol. The molecule has 0 bridgehead atoms. The Bertz CT molecular complexity index is 755. The lowest BCUT2D eigenvalue weighted by atomic mass is 10.0. The molecule has 116 valence electrons. The second kappa shape index (κ2) is 6.13. The van der Waals surface area contributed by atoms with Crippen LogP contribution in [-0.4, -0.2) is 23.2 Å². The SMILES string of the molecule is CC1(C)CCN(c2ccc(C#Cc3ccccc3)cn2)C(=O)O1. The molecule has 0 radical (unpaired) electrons. The Morgan fingerprint density at radius 1 is 1.09 bits per heavy atom. The molecule has 2 heterocycles. The van der Waals surface area contributed by atoms with Crippen LogP contribution in [-0.2, 0) is 4.74 Å². The van der Waals surface area contributed by atoms with Crippen molar-refractivity contribution in [2.45, 2.75) is 25.9 Å². The highest BCUT2D eigenvalue weighted by Gasteiger charge is 2.33. The Morgan fingerprint density at radius 2 is 1.83 bits per heavy atom. The summed E-state index contributed by atoms with van der Waals surface area (Å²) in [6, 6.07) is 13.4. The molecule has 0 aliphatic carbocycles. The molecule has 1 amide bonds. The molecule has 1 saturated heterocycles. The molecule has 1 aromatic heterocycles. The molecule has 1 aromatic carbocycles. The monoisotopic (exact) mass is 306 g/mol. The Morgan fingerprint density at radius 3 is 2.48 bits per heavy atom. The van der Waals surface area contributed by atoms with Crippen LogP contribution in [0.2, 0.25) is 0 Å². The topological polar surface area (TPSA) is 42.4 Å². The van der Waals surface area contributed by atoms with Gasteiger partial charge >= 0.3 is 6.09 Å². The van der Waals surface area contributed by atoms with Crippen LogP contribution in [0.25, 0.3) is 0 Å². The zero-order valence-corrected chi connectivity index (χ0v) is 13.2. The number of aromatic nitrogens is 1. The Kier molecular flexibility index (Phi) is 4.03.